The number of hydrogen-bond donors (Lipinski definition) is 1. The minimum atomic E-state index is -1.08. The fourth-order valence-electron chi connectivity index (χ4n) is 2.40. The Morgan fingerprint density at radius 3 is 2.75 bits per heavy atom. The van der Waals surface area contributed by atoms with Crippen molar-refractivity contribution in [2.24, 2.45) is 0 Å². The normalized spacial score (nSPS) is 18.1. The molecule has 0 saturated carbocycles. The summed E-state index contributed by atoms with van der Waals surface area (Å²) in [7, 11) is 0. The van der Waals surface area contributed by atoms with Crippen molar-refractivity contribution in [1.29, 1.82) is 0 Å². The number of carbonyl (C=O) groups is 2. The number of nitro benzene ring substituents is 1. The van der Waals surface area contributed by atoms with Crippen LogP contribution in [-0.4, -0.2) is 39.4 Å². The zero-order valence-corrected chi connectivity index (χ0v) is 10.9. The topological polar surface area (TPSA) is 101 Å². The van der Waals surface area contributed by atoms with Gasteiger partial charge in [-0.3, -0.25) is 14.9 Å². The molecule has 106 valence electrons. The smallest absolute Gasteiger partial charge is 0.326 e. The summed E-state index contributed by atoms with van der Waals surface area (Å²) in [5.41, 5.74) is 0.366. The van der Waals surface area contributed by atoms with E-state index in [0.29, 0.717) is 24.9 Å². The van der Waals surface area contributed by atoms with Gasteiger partial charge in [0.2, 0.25) is 0 Å². The molecule has 1 atom stereocenters. The van der Waals surface area contributed by atoms with E-state index in [-0.39, 0.29) is 11.3 Å². The molecule has 1 aliphatic rings. The average Bonchev–Trinajstić information content (AvgIpc) is 2.86. The molecule has 1 amide bonds. The summed E-state index contributed by atoms with van der Waals surface area (Å²) < 4.78 is 0. The highest BCUT2D eigenvalue weighted by Gasteiger charge is 2.36. The van der Waals surface area contributed by atoms with Crippen LogP contribution in [-0.2, 0) is 4.79 Å². The molecular formula is C13H14N2O5. The largest absolute Gasteiger partial charge is 0.480 e. The molecule has 1 N–H and O–H groups in total. The molecular weight excluding hydrogens is 264 g/mol. The van der Waals surface area contributed by atoms with E-state index in [1.807, 2.05) is 0 Å². The maximum atomic E-state index is 12.4. The number of hydrogen-bond acceptors (Lipinski definition) is 4. The van der Waals surface area contributed by atoms with Gasteiger partial charge in [-0.05, 0) is 31.4 Å². The van der Waals surface area contributed by atoms with E-state index in [9.17, 15) is 19.7 Å². The Hall–Kier alpha value is -2.44. The van der Waals surface area contributed by atoms with E-state index in [2.05, 4.69) is 0 Å². The lowest BCUT2D eigenvalue weighted by Gasteiger charge is -2.21. The third-order valence-electron chi connectivity index (χ3n) is 3.38. The standard InChI is InChI=1S/C13H14N2O5/c1-8-4-5-10(15(19)20)9(7-8)12(16)14-6-2-3-11(14)13(17)18/h4-5,7,11H,2-3,6H2,1H3,(H,17,18)/t11-/m1/s1. The molecule has 1 fully saturated rings. The van der Waals surface area contributed by atoms with Gasteiger partial charge in [0.05, 0.1) is 4.92 Å². The molecule has 7 nitrogen and oxygen atoms in total. The van der Waals surface area contributed by atoms with Crippen LogP contribution in [0.5, 0.6) is 0 Å². The van der Waals surface area contributed by atoms with Crippen LogP contribution in [0, 0.1) is 17.0 Å². The molecule has 20 heavy (non-hydrogen) atoms. The van der Waals surface area contributed by atoms with Crippen LogP contribution < -0.4 is 0 Å². The van der Waals surface area contributed by atoms with Crippen LogP contribution in [0.2, 0.25) is 0 Å². The Labute approximate surface area is 115 Å². The monoisotopic (exact) mass is 278 g/mol. The van der Waals surface area contributed by atoms with Gasteiger partial charge in [-0.15, -0.1) is 0 Å². The molecule has 0 aromatic heterocycles. The molecule has 1 saturated heterocycles. The summed E-state index contributed by atoms with van der Waals surface area (Å²) in [6.45, 7) is 2.03. The number of nitrogens with zero attached hydrogens (tertiary/aromatic N) is 2. The number of aryl methyl sites for hydroxylation is 1. The predicted molar refractivity (Wildman–Crippen MR) is 69.5 cm³/mol. The molecule has 0 radical (unpaired) electrons. The zero-order chi connectivity index (χ0) is 14.9. The van der Waals surface area contributed by atoms with Crippen molar-refractivity contribution in [2.45, 2.75) is 25.8 Å². The fourth-order valence-corrected chi connectivity index (χ4v) is 2.40. The molecule has 0 bridgehead atoms. The third-order valence-corrected chi connectivity index (χ3v) is 3.38. The fraction of sp³-hybridized carbons (Fsp3) is 0.385. The van der Waals surface area contributed by atoms with Gasteiger partial charge in [0.25, 0.3) is 11.6 Å². The van der Waals surface area contributed by atoms with Crippen molar-refractivity contribution in [3.8, 4) is 0 Å². The number of carboxylic acids is 1. The minimum Gasteiger partial charge on any atom is -0.480 e. The highest BCUT2D eigenvalue weighted by molar-refractivity contribution is 6.00. The summed E-state index contributed by atoms with van der Waals surface area (Å²) in [6.07, 6.45) is 0.961. The van der Waals surface area contributed by atoms with Gasteiger partial charge in [-0.1, -0.05) is 6.07 Å². The average molecular weight is 278 g/mol. The minimum absolute atomic E-state index is 0.0526. The van der Waals surface area contributed by atoms with Crippen LogP contribution in [0.1, 0.15) is 28.8 Å². The van der Waals surface area contributed by atoms with Gasteiger partial charge in [-0.25, -0.2) is 4.79 Å². The number of carboxylic acid groups (broad SMARTS) is 1. The van der Waals surface area contributed by atoms with Gasteiger partial charge in [0.15, 0.2) is 0 Å². The molecule has 0 spiro atoms. The number of amides is 1. The second kappa shape index (κ2) is 5.28. The van der Waals surface area contributed by atoms with E-state index < -0.39 is 22.8 Å². The summed E-state index contributed by atoms with van der Waals surface area (Å²) in [6, 6.07) is 3.35. The molecule has 2 rings (SSSR count). The third kappa shape index (κ3) is 2.47. The number of likely N-dealkylation sites (tertiary alicyclic amines) is 1. The number of nitro groups is 1. The van der Waals surface area contributed by atoms with E-state index in [1.165, 1.54) is 17.0 Å². The van der Waals surface area contributed by atoms with Crippen LogP contribution in [0.25, 0.3) is 0 Å². The first-order chi connectivity index (χ1) is 9.41. The second-order valence-corrected chi connectivity index (χ2v) is 4.77. The number of benzene rings is 1. The van der Waals surface area contributed by atoms with Crippen molar-refractivity contribution < 1.29 is 19.6 Å². The quantitative estimate of drug-likeness (QED) is 0.668. The van der Waals surface area contributed by atoms with E-state index >= 15 is 0 Å². The molecule has 0 unspecified atom stereocenters. The van der Waals surface area contributed by atoms with Gasteiger partial charge in [0.1, 0.15) is 11.6 Å². The first-order valence-electron chi connectivity index (χ1n) is 6.20. The number of aliphatic carboxylic acids is 1. The van der Waals surface area contributed by atoms with E-state index in [4.69, 9.17) is 5.11 Å². The first-order valence-corrected chi connectivity index (χ1v) is 6.20. The first kappa shape index (κ1) is 14.0. The lowest BCUT2D eigenvalue weighted by Crippen LogP contribution is -2.40. The second-order valence-electron chi connectivity index (χ2n) is 4.77. The maximum absolute atomic E-state index is 12.4. The summed E-state index contributed by atoms with van der Waals surface area (Å²) in [5.74, 6) is -1.67. The van der Waals surface area contributed by atoms with Gasteiger partial charge in [0, 0.05) is 12.6 Å². The van der Waals surface area contributed by atoms with Crippen molar-refractivity contribution in [3.05, 3.63) is 39.4 Å². The van der Waals surface area contributed by atoms with Crippen LogP contribution in [0.15, 0.2) is 18.2 Å². The molecule has 0 aliphatic carbocycles. The Bertz CT molecular complexity index is 584. The lowest BCUT2D eigenvalue weighted by molar-refractivity contribution is -0.385. The van der Waals surface area contributed by atoms with Crippen LogP contribution in [0.3, 0.4) is 0 Å². The van der Waals surface area contributed by atoms with Gasteiger partial charge < -0.3 is 10.0 Å². The molecule has 1 aromatic rings. The van der Waals surface area contributed by atoms with E-state index in [0.717, 1.165) is 0 Å². The Morgan fingerprint density at radius 2 is 2.15 bits per heavy atom. The van der Waals surface area contributed by atoms with Crippen molar-refractivity contribution >= 4 is 17.6 Å². The molecule has 1 aromatic carbocycles. The lowest BCUT2D eigenvalue weighted by atomic mass is 10.1. The Morgan fingerprint density at radius 1 is 1.45 bits per heavy atom. The SMILES string of the molecule is Cc1ccc([N+](=O)[O-])c(C(=O)N2CCC[C@@H]2C(=O)O)c1. The highest BCUT2D eigenvalue weighted by Crippen LogP contribution is 2.26. The van der Waals surface area contributed by atoms with Gasteiger partial charge >= 0.3 is 5.97 Å². The molecule has 1 heterocycles. The Balaban J connectivity index is 2.40. The summed E-state index contributed by atoms with van der Waals surface area (Å²) in [5, 5.41) is 20.1. The molecule has 1 aliphatic heterocycles. The maximum Gasteiger partial charge on any atom is 0.326 e. The highest BCUT2D eigenvalue weighted by atomic mass is 16.6. The van der Waals surface area contributed by atoms with Crippen molar-refractivity contribution in [2.75, 3.05) is 6.54 Å². The van der Waals surface area contributed by atoms with Crippen molar-refractivity contribution in [1.82, 2.24) is 4.90 Å². The van der Waals surface area contributed by atoms with Crippen LogP contribution in [0.4, 0.5) is 5.69 Å². The number of rotatable bonds is 3. The van der Waals surface area contributed by atoms with Gasteiger partial charge in [-0.2, -0.15) is 0 Å². The van der Waals surface area contributed by atoms with E-state index in [1.54, 1.807) is 13.0 Å². The molecule has 7 heteroatoms. The zero-order valence-electron chi connectivity index (χ0n) is 10.9. The predicted octanol–water partition coefficient (Wildman–Crippen LogP) is 1.59. The van der Waals surface area contributed by atoms with Crippen molar-refractivity contribution in [3.63, 3.8) is 0 Å². The number of carbonyl (C=O) groups excluding carboxylic acids is 1. The Kier molecular flexibility index (Phi) is 3.69. The summed E-state index contributed by atoms with van der Waals surface area (Å²) in [4.78, 5) is 35.1. The summed E-state index contributed by atoms with van der Waals surface area (Å²) >= 11 is 0. The van der Waals surface area contributed by atoms with Crippen LogP contribution >= 0.6 is 0 Å².